The van der Waals surface area contributed by atoms with Crippen LogP contribution in [0.5, 0.6) is 5.75 Å². The molecule has 2 N–H and O–H groups in total. The van der Waals surface area contributed by atoms with Crippen LogP contribution in [0.4, 0.5) is 11.4 Å². The van der Waals surface area contributed by atoms with Gasteiger partial charge in [-0.15, -0.1) is 0 Å². The molecule has 6 nitrogen and oxygen atoms in total. The molecule has 1 saturated heterocycles. The van der Waals surface area contributed by atoms with Crippen molar-refractivity contribution in [2.45, 2.75) is 25.0 Å². The van der Waals surface area contributed by atoms with Gasteiger partial charge in [0.15, 0.2) is 5.17 Å². The molecule has 0 saturated carbocycles. The zero-order chi connectivity index (χ0) is 19.2. The Morgan fingerprint density at radius 1 is 1.19 bits per heavy atom. The number of benzene rings is 2. The van der Waals surface area contributed by atoms with Gasteiger partial charge in [-0.3, -0.25) is 9.59 Å². The van der Waals surface area contributed by atoms with Crippen molar-refractivity contribution in [3.63, 3.8) is 0 Å². The Hall–Kier alpha value is -2.80. The summed E-state index contributed by atoms with van der Waals surface area (Å²) < 4.78 is 5.53. The van der Waals surface area contributed by atoms with E-state index in [1.807, 2.05) is 37.3 Å². The number of ether oxygens (including phenoxy) is 1. The van der Waals surface area contributed by atoms with E-state index in [-0.39, 0.29) is 23.4 Å². The summed E-state index contributed by atoms with van der Waals surface area (Å²) in [5, 5.41) is -0.307. The molecule has 27 heavy (non-hydrogen) atoms. The highest BCUT2D eigenvalue weighted by molar-refractivity contribution is 8.15. The monoisotopic (exact) mass is 383 g/mol. The lowest BCUT2D eigenvalue weighted by Crippen LogP contribution is -2.31. The first-order valence-electron chi connectivity index (χ1n) is 8.74. The molecule has 1 atom stereocenters. The third kappa shape index (κ3) is 4.68. The van der Waals surface area contributed by atoms with Crippen molar-refractivity contribution in [2.24, 2.45) is 10.7 Å². The fourth-order valence-corrected chi connectivity index (χ4v) is 3.56. The van der Waals surface area contributed by atoms with E-state index in [9.17, 15) is 9.59 Å². The van der Waals surface area contributed by atoms with E-state index in [0.717, 1.165) is 18.2 Å². The molecule has 1 unspecified atom stereocenters. The molecule has 140 valence electrons. The molecule has 0 aliphatic carbocycles. The number of carbonyl (C=O) groups excluding carboxylic acids is 2. The molecular weight excluding hydrogens is 362 g/mol. The van der Waals surface area contributed by atoms with E-state index in [1.165, 1.54) is 4.90 Å². The SMILES string of the molecule is CCCOc1ccc(N2C(=O)CC(SC(N)=Nc3ccccc3)C2=O)cc1. The van der Waals surface area contributed by atoms with Crippen LogP contribution in [0.25, 0.3) is 0 Å². The van der Waals surface area contributed by atoms with Crippen LogP contribution >= 0.6 is 11.8 Å². The number of imide groups is 1. The maximum atomic E-state index is 12.7. The molecule has 0 radical (unpaired) electrons. The molecule has 7 heteroatoms. The average molecular weight is 383 g/mol. The lowest BCUT2D eigenvalue weighted by molar-refractivity contribution is -0.121. The maximum absolute atomic E-state index is 12.7. The van der Waals surface area contributed by atoms with Gasteiger partial charge in [0.05, 0.1) is 18.0 Å². The summed E-state index contributed by atoms with van der Waals surface area (Å²) >= 11 is 1.12. The van der Waals surface area contributed by atoms with Crippen LogP contribution in [0.2, 0.25) is 0 Å². The van der Waals surface area contributed by atoms with Crippen LogP contribution in [-0.4, -0.2) is 28.8 Å². The lowest BCUT2D eigenvalue weighted by atomic mass is 10.3. The predicted octanol–water partition coefficient (Wildman–Crippen LogP) is 3.49. The number of amidine groups is 1. The Morgan fingerprint density at radius 2 is 1.89 bits per heavy atom. The van der Waals surface area contributed by atoms with Crippen molar-refractivity contribution in [3.8, 4) is 5.75 Å². The average Bonchev–Trinajstić information content (AvgIpc) is 2.94. The third-order valence-electron chi connectivity index (χ3n) is 3.93. The number of rotatable bonds is 6. The highest BCUT2D eigenvalue weighted by Gasteiger charge is 2.40. The Balaban J connectivity index is 1.68. The van der Waals surface area contributed by atoms with Gasteiger partial charge < -0.3 is 10.5 Å². The van der Waals surface area contributed by atoms with Crippen LogP contribution in [0.1, 0.15) is 19.8 Å². The Morgan fingerprint density at radius 3 is 2.56 bits per heavy atom. The summed E-state index contributed by atoms with van der Waals surface area (Å²) in [6, 6.07) is 16.2. The van der Waals surface area contributed by atoms with Crippen LogP contribution in [0.3, 0.4) is 0 Å². The van der Waals surface area contributed by atoms with Crippen LogP contribution in [-0.2, 0) is 9.59 Å². The van der Waals surface area contributed by atoms with Crippen LogP contribution in [0, 0.1) is 0 Å². The largest absolute Gasteiger partial charge is 0.494 e. The van der Waals surface area contributed by atoms with Crippen molar-refractivity contribution in [2.75, 3.05) is 11.5 Å². The number of carbonyl (C=O) groups is 2. The number of thioether (sulfide) groups is 1. The molecule has 0 aromatic heterocycles. The summed E-state index contributed by atoms with van der Waals surface area (Å²) in [5.41, 5.74) is 7.20. The lowest BCUT2D eigenvalue weighted by Gasteiger charge is -2.15. The summed E-state index contributed by atoms with van der Waals surface area (Å²) in [5.74, 6) is 0.190. The normalized spacial score (nSPS) is 17.4. The molecular formula is C20H21N3O3S. The van der Waals surface area contributed by atoms with E-state index in [1.54, 1.807) is 24.3 Å². The van der Waals surface area contributed by atoms with Gasteiger partial charge in [0, 0.05) is 6.42 Å². The van der Waals surface area contributed by atoms with Crippen molar-refractivity contribution in [1.82, 2.24) is 0 Å². The third-order valence-corrected chi connectivity index (χ3v) is 4.92. The van der Waals surface area contributed by atoms with Crippen molar-refractivity contribution < 1.29 is 14.3 Å². The van der Waals surface area contributed by atoms with Crippen molar-refractivity contribution >= 4 is 40.1 Å². The fourth-order valence-electron chi connectivity index (χ4n) is 2.68. The van der Waals surface area contributed by atoms with E-state index < -0.39 is 5.25 Å². The molecule has 0 bridgehead atoms. The number of para-hydroxylation sites is 1. The number of anilines is 1. The number of nitrogens with two attached hydrogens (primary N) is 1. The molecule has 2 amide bonds. The number of amides is 2. The Labute approximate surface area is 162 Å². The zero-order valence-electron chi connectivity index (χ0n) is 15.0. The first kappa shape index (κ1) is 19.0. The first-order valence-corrected chi connectivity index (χ1v) is 9.62. The van der Waals surface area contributed by atoms with Gasteiger partial charge in [-0.1, -0.05) is 36.9 Å². The van der Waals surface area contributed by atoms with Gasteiger partial charge in [0.25, 0.3) is 0 Å². The second-order valence-corrected chi connectivity index (χ2v) is 7.23. The minimum absolute atomic E-state index is 0.0998. The molecule has 1 aliphatic heterocycles. The summed E-state index contributed by atoms with van der Waals surface area (Å²) in [6.07, 6.45) is 1.01. The molecule has 2 aromatic rings. The first-order chi connectivity index (χ1) is 13.1. The van der Waals surface area contributed by atoms with Gasteiger partial charge in [0.1, 0.15) is 11.0 Å². The molecule has 0 spiro atoms. The standard InChI is InChI=1S/C20H21N3O3S/c1-2-12-26-16-10-8-15(9-11-16)23-18(24)13-17(19(23)25)27-20(21)22-14-6-4-3-5-7-14/h3-11,17H,2,12-13H2,1H3,(H2,21,22). The minimum atomic E-state index is -0.569. The van der Waals surface area contributed by atoms with E-state index in [4.69, 9.17) is 10.5 Å². The second-order valence-electron chi connectivity index (χ2n) is 6.01. The number of nitrogens with zero attached hydrogens (tertiary/aromatic N) is 2. The number of aliphatic imine (C=N–C) groups is 1. The molecule has 3 rings (SSSR count). The predicted molar refractivity (Wildman–Crippen MR) is 108 cm³/mol. The quantitative estimate of drug-likeness (QED) is 0.469. The topological polar surface area (TPSA) is 85.0 Å². The van der Waals surface area contributed by atoms with Gasteiger partial charge in [-0.25, -0.2) is 9.89 Å². The van der Waals surface area contributed by atoms with Crippen molar-refractivity contribution in [3.05, 3.63) is 54.6 Å². The van der Waals surface area contributed by atoms with E-state index >= 15 is 0 Å². The Kier molecular flexibility index (Phi) is 6.13. The van der Waals surface area contributed by atoms with Gasteiger partial charge in [-0.2, -0.15) is 0 Å². The highest BCUT2D eigenvalue weighted by Crippen LogP contribution is 2.31. The van der Waals surface area contributed by atoms with E-state index in [2.05, 4.69) is 4.99 Å². The smallest absolute Gasteiger partial charge is 0.247 e. The van der Waals surface area contributed by atoms with Gasteiger partial charge in [-0.05, 0) is 42.8 Å². The highest BCUT2D eigenvalue weighted by atomic mass is 32.2. The summed E-state index contributed by atoms with van der Waals surface area (Å²) in [4.78, 5) is 30.6. The van der Waals surface area contributed by atoms with E-state index in [0.29, 0.717) is 23.7 Å². The molecule has 1 fully saturated rings. The number of hydrogen-bond acceptors (Lipinski definition) is 5. The molecule has 2 aromatic carbocycles. The number of hydrogen-bond donors (Lipinski definition) is 1. The van der Waals surface area contributed by atoms with Crippen LogP contribution < -0.4 is 15.4 Å². The Bertz CT molecular complexity index is 837. The van der Waals surface area contributed by atoms with Gasteiger partial charge in [0.2, 0.25) is 11.8 Å². The molecule has 1 heterocycles. The summed E-state index contributed by atoms with van der Waals surface area (Å²) in [6.45, 7) is 2.65. The van der Waals surface area contributed by atoms with Gasteiger partial charge >= 0.3 is 0 Å². The maximum Gasteiger partial charge on any atom is 0.247 e. The zero-order valence-corrected chi connectivity index (χ0v) is 15.8. The fraction of sp³-hybridized carbons (Fsp3) is 0.250. The van der Waals surface area contributed by atoms with Crippen molar-refractivity contribution in [1.29, 1.82) is 0 Å². The summed E-state index contributed by atoms with van der Waals surface area (Å²) in [7, 11) is 0. The minimum Gasteiger partial charge on any atom is -0.494 e. The molecule has 1 aliphatic rings. The van der Waals surface area contributed by atoms with Crippen LogP contribution in [0.15, 0.2) is 59.6 Å². The second kappa shape index (κ2) is 8.73.